The second-order valence-corrected chi connectivity index (χ2v) is 6.96. The number of hydrogen-bond acceptors (Lipinski definition) is 6. The van der Waals surface area contributed by atoms with Gasteiger partial charge < -0.3 is 14.8 Å². The number of methoxy groups -OCH3 is 1. The van der Waals surface area contributed by atoms with Crippen molar-refractivity contribution in [3.05, 3.63) is 15.0 Å². The molecule has 0 aromatic carbocycles. The van der Waals surface area contributed by atoms with Gasteiger partial charge in [0.05, 0.1) is 7.11 Å². The Bertz CT molecular complexity index is 510. The maximum absolute atomic E-state index is 11.5. The first-order valence-electron chi connectivity index (χ1n) is 6.68. The van der Waals surface area contributed by atoms with Gasteiger partial charge in [0.2, 0.25) is 0 Å². The van der Waals surface area contributed by atoms with Crippen molar-refractivity contribution in [1.82, 2.24) is 10.3 Å². The highest BCUT2D eigenvalue weighted by Gasteiger charge is 2.54. The summed E-state index contributed by atoms with van der Waals surface area (Å²) in [6.45, 7) is 1.93. The lowest BCUT2D eigenvalue weighted by Crippen LogP contribution is -2.38. The Morgan fingerprint density at radius 1 is 1.65 bits per heavy atom. The number of esters is 1. The lowest BCUT2D eigenvalue weighted by molar-refractivity contribution is -0.157. The summed E-state index contributed by atoms with van der Waals surface area (Å²) in [4.78, 5) is 16.0. The standard InChI is InChI=1S/C13H17BrN2O3S/c1-18-11(17)6-19-13(12-16-10(14)7-20-12)3-2-8-4-15-5-9(8)13/h7-9,15H,2-6H2,1H3. The van der Waals surface area contributed by atoms with E-state index >= 15 is 0 Å². The van der Waals surface area contributed by atoms with Crippen LogP contribution in [-0.2, 0) is 19.9 Å². The number of nitrogens with zero attached hydrogens (tertiary/aromatic N) is 1. The fourth-order valence-electron chi connectivity index (χ4n) is 3.37. The van der Waals surface area contributed by atoms with E-state index in [9.17, 15) is 4.79 Å². The van der Waals surface area contributed by atoms with Crippen LogP contribution in [0.25, 0.3) is 0 Å². The maximum atomic E-state index is 11.5. The molecule has 3 atom stereocenters. The molecule has 0 amide bonds. The van der Waals surface area contributed by atoms with Crippen LogP contribution < -0.4 is 5.32 Å². The monoisotopic (exact) mass is 360 g/mol. The minimum atomic E-state index is -0.445. The molecule has 5 nitrogen and oxygen atoms in total. The van der Waals surface area contributed by atoms with Crippen molar-refractivity contribution in [2.24, 2.45) is 11.8 Å². The molecule has 1 aromatic heterocycles. The second kappa shape index (κ2) is 5.71. The zero-order valence-electron chi connectivity index (χ0n) is 11.2. The van der Waals surface area contributed by atoms with E-state index in [1.54, 1.807) is 11.3 Å². The molecule has 0 spiro atoms. The molecule has 2 heterocycles. The van der Waals surface area contributed by atoms with Gasteiger partial charge in [-0.15, -0.1) is 11.3 Å². The van der Waals surface area contributed by atoms with Gasteiger partial charge in [-0.3, -0.25) is 0 Å². The van der Waals surface area contributed by atoms with E-state index in [4.69, 9.17) is 9.47 Å². The van der Waals surface area contributed by atoms with E-state index in [1.807, 2.05) is 5.38 Å². The maximum Gasteiger partial charge on any atom is 0.331 e. The molecule has 20 heavy (non-hydrogen) atoms. The van der Waals surface area contributed by atoms with Gasteiger partial charge in [0, 0.05) is 17.8 Å². The third-order valence-electron chi connectivity index (χ3n) is 4.34. The number of hydrogen-bond donors (Lipinski definition) is 1. The lowest BCUT2D eigenvalue weighted by atomic mass is 9.88. The van der Waals surface area contributed by atoms with Crippen molar-refractivity contribution >= 4 is 33.2 Å². The molecular weight excluding hydrogens is 344 g/mol. The largest absolute Gasteiger partial charge is 0.467 e. The van der Waals surface area contributed by atoms with Crippen molar-refractivity contribution < 1.29 is 14.3 Å². The van der Waals surface area contributed by atoms with E-state index in [-0.39, 0.29) is 12.6 Å². The summed E-state index contributed by atoms with van der Waals surface area (Å²) in [7, 11) is 1.38. The molecule has 0 bridgehead atoms. The summed E-state index contributed by atoms with van der Waals surface area (Å²) < 4.78 is 11.6. The van der Waals surface area contributed by atoms with E-state index in [1.165, 1.54) is 7.11 Å². The molecule has 1 aliphatic carbocycles. The number of nitrogens with one attached hydrogen (secondary N) is 1. The summed E-state index contributed by atoms with van der Waals surface area (Å²) in [5.74, 6) is 0.648. The van der Waals surface area contributed by atoms with Crippen molar-refractivity contribution in [3.8, 4) is 0 Å². The van der Waals surface area contributed by atoms with Crippen LogP contribution >= 0.6 is 27.3 Å². The van der Waals surface area contributed by atoms with Gasteiger partial charge >= 0.3 is 5.97 Å². The molecule has 7 heteroatoms. The molecule has 3 unspecified atom stereocenters. The van der Waals surface area contributed by atoms with Crippen molar-refractivity contribution in [2.45, 2.75) is 18.4 Å². The molecule has 3 rings (SSSR count). The zero-order chi connectivity index (χ0) is 14.2. The molecule has 110 valence electrons. The smallest absolute Gasteiger partial charge is 0.331 e. The van der Waals surface area contributed by atoms with Crippen LogP contribution in [0.1, 0.15) is 17.8 Å². The molecule has 1 saturated carbocycles. The summed E-state index contributed by atoms with van der Waals surface area (Å²) in [6, 6.07) is 0. The van der Waals surface area contributed by atoms with E-state index < -0.39 is 5.60 Å². The molecule has 1 aliphatic heterocycles. The van der Waals surface area contributed by atoms with Crippen molar-refractivity contribution in [3.63, 3.8) is 0 Å². The Kier molecular flexibility index (Phi) is 4.12. The number of halogens is 1. The zero-order valence-corrected chi connectivity index (χ0v) is 13.6. The summed E-state index contributed by atoms with van der Waals surface area (Å²) in [5, 5.41) is 6.36. The quantitative estimate of drug-likeness (QED) is 0.831. The summed E-state index contributed by atoms with van der Waals surface area (Å²) in [6.07, 6.45) is 2.02. The van der Waals surface area contributed by atoms with Crippen LogP contribution in [0.5, 0.6) is 0 Å². The van der Waals surface area contributed by atoms with Crippen LogP contribution in [0.3, 0.4) is 0 Å². The van der Waals surface area contributed by atoms with Crippen LogP contribution in [0.15, 0.2) is 9.98 Å². The lowest BCUT2D eigenvalue weighted by Gasteiger charge is -2.32. The average molecular weight is 361 g/mol. The third kappa shape index (κ3) is 2.41. The number of ether oxygens (including phenoxy) is 2. The van der Waals surface area contributed by atoms with E-state index in [2.05, 4.69) is 26.2 Å². The van der Waals surface area contributed by atoms with Gasteiger partial charge in [-0.1, -0.05) is 0 Å². The van der Waals surface area contributed by atoms with E-state index in [0.29, 0.717) is 11.8 Å². The number of fused-ring (bicyclic) bond motifs is 1. The minimum absolute atomic E-state index is 0.0169. The number of aromatic nitrogens is 1. The highest BCUT2D eigenvalue weighted by atomic mass is 79.9. The third-order valence-corrected chi connectivity index (χ3v) is 6.05. The van der Waals surface area contributed by atoms with Gasteiger partial charge in [-0.05, 0) is 41.2 Å². The Morgan fingerprint density at radius 3 is 3.20 bits per heavy atom. The van der Waals surface area contributed by atoms with Crippen LogP contribution in [0, 0.1) is 11.8 Å². The summed E-state index contributed by atoms with van der Waals surface area (Å²) in [5.41, 5.74) is -0.445. The molecule has 1 aromatic rings. The highest BCUT2D eigenvalue weighted by Crippen LogP contribution is 2.52. The predicted molar refractivity (Wildman–Crippen MR) is 78.5 cm³/mol. The Hall–Kier alpha value is -0.500. The van der Waals surface area contributed by atoms with Crippen molar-refractivity contribution in [2.75, 3.05) is 26.8 Å². The number of thiazole rings is 1. The van der Waals surface area contributed by atoms with Crippen LogP contribution in [0.4, 0.5) is 0 Å². The van der Waals surface area contributed by atoms with Crippen LogP contribution in [0.2, 0.25) is 0 Å². The molecular formula is C13H17BrN2O3S. The first kappa shape index (κ1) is 14.4. The Labute approximate surface area is 130 Å². The number of carbonyl (C=O) groups is 1. The van der Waals surface area contributed by atoms with Crippen LogP contribution in [-0.4, -0.2) is 37.8 Å². The molecule has 2 aliphatic rings. The van der Waals surface area contributed by atoms with Gasteiger partial charge in [0.25, 0.3) is 0 Å². The fourth-order valence-corrected chi connectivity index (χ4v) is 4.87. The number of carbonyl (C=O) groups excluding carboxylic acids is 1. The van der Waals surface area contributed by atoms with Gasteiger partial charge in [-0.25, -0.2) is 9.78 Å². The minimum Gasteiger partial charge on any atom is -0.467 e. The molecule has 2 fully saturated rings. The van der Waals surface area contributed by atoms with Crippen molar-refractivity contribution in [1.29, 1.82) is 0 Å². The molecule has 1 N–H and O–H groups in total. The predicted octanol–water partition coefficient (Wildman–Crippen LogP) is 1.92. The topological polar surface area (TPSA) is 60.5 Å². The van der Waals surface area contributed by atoms with Gasteiger partial charge in [0.15, 0.2) is 0 Å². The Morgan fingerprint density at radius 2 is 2.50 bits per heavy atom. The van der Waals surface area contributed by atoms with E-state index in [0.717, 1.165) is 35.5 Å². The number of rotatable bonds is 4. The normalized spacial score (nSPS) is 32.3. The summed E-state index contributed by atoms with van der Waals surface area (Å²) >= 11 is 5.00. The molecule has 1 saturated heterocycles. The highest BCUT2D eigenvalue weighted by molar-refractivity contribution is 9.10. The first-order valence-corrected chi connectivity index (χ1v) is 8.36. The fraction of sp³-hybridized carbons (Fsp3) is 0.692. The SMILES string of the molecule is COC(=O)COC1(c2nc(Br)cs2)CCC2CNCC21. The first-order chi connectivity index (χ1) is 9.65. The van der Waals surface area contributed by atoms with Gasteiger partial charge in [-0.2, -0.15) is 0 Å². The second-order valence-electron chi connectivity index (χ2n) is 5.29. The molecule has 0 radical (unpaired) electrons. The Balaban J connectivity index is 1.89. The van der Waals surface area contributed by atoms with Gasteiger partial charge in [0.1, 0.15) is 21.8 Å². The average Bonchev–Trinajstić information content (AvgIpc) is 3.13.